The molecule has 0 spiro atoms. The normalized spacial score (nSPS) is 11.5. The molecule has 0 aromatic heterocycles. The van der Waals surface area contributed by atoms with E-state index in [0.717, 1.165) is 17.8 Å². The molecule has 0 aliphatic carbocycles. The lowest BCUT2D eigenvalue weighted by Gasteiger charge is -2.16. The van der Waals surface area contributed by atoms with Gasteiger partial charge in [-0.2, -0.15) is 5.26 Å². The highest BCUT2D eigenvalue weighted by Crippen LogP contribution is 2.24. The largest absolute Gasteiger partial charge is 0.479 e. The summed E-state index contributed by atoms with van der Waals surface area (Å²) in [7, 11) is 0. The van der Waals surface area contributed by atoms with Gasteiger partial charge in [-0.15, -0.1) is 0 Å². The average molecular weight is 288 g/mol. The summed E-state index contributed by atoms with van der Waals surface area (Å²) in [5, 5.41) is 11.5. The molecular weight excluding hydrogens is 274 g/mol. The van der Waals surface area contributed by atoms with Gasteiger partial charge in [0.05, 0.1) is 6.04 Å². The summed E-state index contributed by atoms with van der Waals surface area (Å²) in [6.07, 6.45) is 0. The van der Waals surface area contributed by atoms with E-state index < -0.39 is 11.6 Å². The van der Waals surface area contributed by atoms with Crippen molar-refractivity contribution in [3.8, 4) is 11.8 Å². The topological polar surface area (TPSA) is 45.0 Å². The van der Waals surface area contributed by atoms with Crippen LogP contribution < -0.4 is 10.1 Å². The number of halogens is 2. The SMILES string of the molecule is CC(Nc1ccc(OCC#N)cc1)c1cc(F)ccc1F. The summed E-state index contributed by atoms with van der Waals surface area (Å²) < 4.78 is 32.0. The molecule has 0 saturated carbocycles. The van der Waals surface area contributed by atoms with Gasteiger partial charge >= 0.3 is 0 Å². The van der Waals surface area contributed by atoms with Gasteiger partial charge in [0.25, 0.3) is 0 Å². The van der Waals surface area contributed by atoms with Gasteiger partial charge < -0.3 is 10.1 Å². The first-order valence-corrected chi connectivity index (χ1v) is 6.41. The first-order chi connectivity index (χ1) is 10.1. The fourth-order valence-corrected chi connectivity index (χ4v) is 1.94. The van der Waals surface area contributed by atoms with Crippen LogP contribution in [0, 0.1) is 23.0 Å². The van der Waals surface area contributed by atoms with E-state index in [1.54, 1.807) is 31.2 Å². The minimum absolute atomic E-state index is 0.0162. The molecule has 21 heavy (non-hydrogen) atoms. The molecule has 0 bridgehead atoms. The number of nitrogens with zero attached hydrogens (tertiary/aromatic N) is 1. The molecule has 0 saturated heterocycles. The first-order valence-electron chi connectivity index (χ1n) is 6.41. The van der Waals surface area contributed by atoms with E-state index in [-0.39, 0.29) is 18.2 Å². The van der Waals surface area contributed by atoms with Gasteiger partial charge in [0.2, 0.25) is 0 Å². The van der Waals surface area contributed by atoms with Crippen molar-refractivity contribution in [1.29, 1.82) is 5.26 Å². The monoisotopic (exact) mass is 288 g/mol. The molecule has 3 nitrogen and oxygen atoms in total. The molecular formula is C16H14F2N2O. The molecule has 0 radical (unpaired) electrons. The molecule has 5 heteroatoms. The van der Waals surface area contributed by atoms with Crippen LogP contribution in [0.5, 0.6) is 5.75 Å². The first kappa shape index (κ1) is 14.8. The molecule has 1 unspecified atom stereocenters. The lowest BCUT2D eigenvalue weighted by atomic mass is 10.1. The Hall–Kier alpha value is -2.61. The third kappa shape index (κ3) is 3.93. The Bertz CT molecular complexity index is 650. The summed E-state index contributed by atoms with van der Waals surface area (Å²) in [5.74, 6) is -0.350. The maximum absolute atomic E-state index is 13.7. The second kappa shape index (κ2) is 6.71. The zero-order valence-corrected chi connectivity index (χ0v) is 11.4. The second-order valence-electron chi connectivity index (χ2n) is 4.50. The van der Waals surface area contributed by atoms with Crippen LogP contribution >= 0.6 is 0 Å². The van der Waals surface area contributed by atoms with Crippen LogP contribution in [-0.2, 0) is 0 Å². The minimum atomic E-state index is -0.472. The number of nitrogens with one attached hydrogen (secondary N) is 1. The molecule has 1 N–H and O–H groups in total. The van der Waals surface area contributed by atoms with Crippen molar-refractivity contribution < 1.29 is 13.5 Å². The minimum Gasteiger partial charge on any atom is -0.479 e. The lowest BCUT2D eigenvalue weighted by molar-refractivity contribution is 0.368. The zero-order valence-electron chi connectivity index (χ0n) is 11.4. The number of hydrogen-bond donors (Lipinski definition) is 1. The molecule has 0 fully saturated rings. The van der Waals surface area contributed by atoms with Crippen LogP contribution in [0.15, 0.2) is 42.5 Å². The van der Waals surface area contributed by atoms with E-state index >= 15 is 0 Å². The molecule has 0 heterocycles. The highest BCUT2D eigenvalue weighted by atomic mass is 19.1. The molecule has 2 rings (SSSR count). The van der Waals surface area contributed by atoms with Gasteiger partial charge in [-0.1, -0.05) is 0 Å². The second-order valence-corrected chi connectivity index (χ2v) is 4.50. The average Bonchev–Trinajstić information content (AvgIpc) is 2.49. The molecule has 0 aliphatic heterocycles. The zero-order chi connectivity index (χ0) is 15.2. The van der Waals surface area contributed by atoms with Gasteiger partial charge in [-0.3, -0.25) is 0 Å². The van der Waals surface area contributed by atoms with Crippen molar-refractivity contribution in [2.24, 2.45) is 0 Å². The molecule has 1 atom stereocenters. The van der Waals surface area contributed by atoms with Crippen LogP contribution in [0.4, 0.5) is 14.5 Å². The Morgan fingerprint density at radius 3 is 2.57 bits per heavy atom. The number of nitriles is 1. The third-order valence-electron chi connectivity index (χ3n) is 2.97. The summed E-state index contributed by atoms with van der Waals surface area (Å²) in [4.78, 5) is 0. The van der Waals surface area contributed by atoms with E-state index in [4.69, 9.17) is 10.00 Å². The Morgan fingerprint density at radius 2 is 1.90 bits per heavy atom. The van der Waals surface area contributed by atoms with Crippen LogP contribution in [0.2, 0.25) is 0 Å². The van der Waals surface area contributed by atoms with Crippen molar-refractivity contribution in [3.05, 3.63) is 59.7 Å². The predicted octanol–water partition coefficient (Wildman–Crippen LogP) is 4.04. The lowest BCUT2D eigenvalue weighted by Crippen LogP contribution is -2.09. The van der Waals surface area contributed by atoms with Gasteiger partial charge in [-0.25, -0.2) is 8.78 Å². The molecule has 0 amide bonds. The number of ether oxygens (including phenoxy) is 1. The third-order valence-corrected chi connectivity index (χ3v) is 2.97. The predicted molar refractivity (Wildman–Crippen MR) is 75.9 cm³/mol. The molecule has 108 valence electrons. The smallest absolute Gasteiger partial charge is 0.174 e. The maximum Gasteiger partial charge on any atom is 0.174 e. The Kier molecular flexibility index (Phi) is 4.72. The molecule has 2 aromatic rings. The van der Waals surface area contributed by atoms with Gasteiger partial charge in [0, 0.05) is 11.3 Å². The Morgan fingerprint density at radius 1 is 1.19 bits per heavy atom. The fraction of sp³-hybridized carbons (Fsp3) is 0.188. The van der Waals surface area contributed by atoms with Crippen LogP contribution in [-0.4, -0.2) is 6.61 Å². The highest BCUT2D eigenvalue weighted by Gasteiger charge is 2.12. The number of rotatable bonds is 5. The molecule has 0 aliphatic rings. The quantitative estimate of drug-likeness (QED) is 0.903. The van der Waals surface area contributed by atoms with Gasteiger partial charge in [0.1, 0.15) is 23.5 Å². The van der Waals surface area contributed by atoms with E-state index in [9.17, 15) is 8.78 Å². The summed E-state index contributed by atoms with van der Waals surface area (Å²) in [6, 6.07) is 11.8. The summed E-state index contributed by atoms with van der Waals surface area (Å²) >= 11 is 0. The summed E-state index contributed by atoms with van der Waals surface area (Å²) in [5.41, 5.74) is 1.01. The van der Waals surface area contributed by atoms with Crippen LogP contribution in [0.3, 0.4) is 0 Å². The standard InChI is InChI=1S/C16H14F2N2O/c1-11(15-10-12(17)2-7-16(15)18)20-13-3-5-14(6-4-13)21-9-8-19/h2-7,10-11,20H,9H2,1H3. The van der Waals surface area contributed by atoms with Crippen molar-refractivity contribution in [3.63, 3.8) is 0 Å². The fourth-order valence-electron chi connectivity index (χ4n) is 1.94. The number of anilines is 1. The Balaban J connectivity index is 2.07. The van der Waals surface area contributed by atoms with Gasteiger partial charge in [0.15, 0.2) is 6.61 Å². The van der Waals surface area contributed by atoms with Gasteiger partial charge in [-0.05, 0) is 49.4 Å². The van der Waals surface area contributed by atoms with Crippen molar-refractivity contribution in [2.45, 2.75) is 13.0 Å². The van der Waals surface area contributed by atoms with E-state index in [1.165, 1.54) is 6.07 Å². The summed E-state index contributed by atoms with van der Waals surface area (Å²) in [6.45, 7) is 1.73. The molecule has 2 aromatic carbocycles. The number of hydrogen-bond acceptors (Lipinski definition) is 3. The number of benzene rings is 2. The van der Waals surface area contributed by atoms with Crippen molar-refractivity contribution in [2.75, 3.05) is 11.9 Å². The van der Waals surface area contributed by atoms with Crippen LogP contribution in [0.1, 0.15) is 18.5 Å². The Labute approximate surface area is 121 Å². The van der Waals surface area contributed by atoms with Crippen molar-refractivity contribution >= 4 is 5.69 Å². The van der Waals surface area contributed by atoms with Crippen molar-refractivity contribution in [1.82, 2.24) is 0 Å². The van der Waals surface area contributed by atoms with E-state index in [0.29, 0.717) is 5.75 Å². The van der Waals surface area contributed by atoms with E-state index in [1.807, 2.05) is 6.07 Å². The van der Waals surface area contributed by atoms with Crippen LogP contribution in [0.25, 0.3) is 0 Å². The highest BCUT2D eigenvalue weighted by molar-refractivity contribution is 5.48. The van der Waals surface area contributed by atoms with E-state index in [2.05, 4.69) is 5.32 Å². The maximum atomic E-state index is 13.7.